The molecule has 3 rings (SSSR count). The average molecular weight is 316 g/mol. The third-order valence-electron chi connectivity index (χ3n) is 2.97. The average Bonchev–Trinajstić information content (AvgIpc) is 2.69. The smallest absolute Gasteiger partial charge is 0.256 e. The zero-order chi connectivity index (χ0) is 13.4. The summed E-state index contributed by atoms with van der Waals surface area (Å²) in [6.07, 6.45) is 1.81. The van der Waals surface area contributed by atoms with Crippen LogP contribution in [-0.4, -0.2) is 11.0 Å². The van der Waals surface area contributed by atoms with Gasteiger partial charge in [0.2, 0.25) is 0 Å². The molecule has 0 spiro atoms. The van der Waals surface area contributed by atoms with Gasteiger partial charge in [-0.1, -0.05) is 28.1 Å². The molecule has 1 amide bonds. The van der Waals surface area contributed by atoms with E-state index in [2.05, 4.69) is 21.2 Å². The van der Waals surface area contributed by atoms with E-state index in [4.69, 9.17) is 0 Å². The van der Waals surface area contributed by atoms with Gasteiger partial charge in [-0.15, -0.1) is 0 Å². The van der Waals surface area contributed by atoms with E-state index in [9.17, 15) is 9.90 Å². The van der Waals surface area contributed by atoms with Crippen LogP contribution in [0.25, 0.3) is 11.6 Å². The van der Waals surface area contributed by atoms with E-state index < -0.39 is 0 Å². The summed E-state index contributed by atoms with van der Waals surface area (Å²) in [5, 5.41) is 12.1. The molecular weight excluding hydrogens is 306 g/mol. The molecule has 2 N–H and O–H groups in total. The number of hydrogen-bond donors (Lipinski definition) is 2. The van der Waals surface area contributed by atoms with Gasteiger partial charge in [0.05, 0.1) is 0 Å². The van der Waals surface area contributed by atoms with E-state index in [-0.39, 0.29) is 11.7 Å². The molecule has 19 heavy (non-hydrogen) atoms. The number of halogens is 1. The summed E-state index contributed by atoms with van der Waals surface area (Å²) in [5.41, 5.74) is 3.20. The van der Waals surface area contributed by atoms with Gasteiger partial charge in [-0.25, -0.2) is 0 Å². The molecule has 0 bridgehead atoms. The fourth-order valence-corrected chi connectivity index (χ4v) is 2.40. The SMILES string of the molecule is O=C1Nc2ccc(Br)cc2/C1=C\c1ccc(O)cc1. The third kappa shape index (κ3) is 2.27. The molecule has 0 atom stereocenters. The first-order valence-corrected chi connectivity index (χ1v) is 6.55. The molecule has 0 unspecified atom stereocenters. The van der Waals surface area contributed by atoms with Crippen molar-refractivity contribution in [1.29, 1.82) is 0 Å². The minimum absolute atomic E-state index is 0.110. The van der Waals surface area contributed by atoms with Gasteiger partial charge in [0.1, 0.15) is 5.75 Å². The van der Waals surface area contributed by atoms with Crippen LogP contribution in [0.15, 0.2) is 46.9 Å². The molecule has 0 radical (unpaired) electrons. The van der Waals surface area contributed by atoms with Gasteiger partial charge < -0.3 is 10.4 Å². The van der Waals surface area contributed by atoms with Crippen LogP contribution in [0, 0.1) is 0 Å². The molecule has 2 aromatic carbocycles. The summed E-state index contributed by atoms with van der Waals surface area (Å²) in [7, 11) is 0. The monoisotopic (exact) mass is 315 g/mol. The highest BCUT2D eigenvalue weighted by Crippen LogP contribution is 2.35. The first kappa shape index (κ1) is 12.0. The Bertz CT molecular complexity index is 690. The number of amides is 1. The van der Waals surface area contributed by atoms with Crippen molar-refractivity contribution in [3.63, 3.8) is 0 Å². The lowest BCUT2D eigenvalue weighted by molar-refractivity contribution is -0.110. The van der Waals surface area contributed by atoms with Crippen LogP contribution in [0.1, 0.15) is 11.1 Å². The lowest BCUT2D eigenvalue weighted by atomic mass is 10.0. The maximum atomic E-state index is 12.0. The van der Waals surface area contributed by atoms with Crippen LogP contribution < -0.4 is 5.32 Å². The number of nitrogens with one attached hydrogen (secondary N) is 1. The molecule has 0 aliphatic carbocycles. The highest BCUT2D eigenvalue weighted by atomic mass is 79.9. The summed E-state index contributed by atoms with van der Waals surface area (Å²) >= 11 is 3.41. The van der Waals surface area contributed by atoms with Gasteiger partial charge in [0.15, 0.2) is 0 Å². The Hall–Kier alpha value is -2.07. The number of fused-ring (bicyclic) bond motifs is 1. The number of phenolic OH excluding ortho intramolecular Hbond substituents is 1. The molecule has 0 saturated heterocycles. The van der Waals surface area contributed by atoms with E-state index in [1.165, 1.54) is 0 Å². The van der Waals surface area contributed by atoms with Crippen molar-refractivity contribution in [2.24, 2.45) is 0 Å². The first-order chi connectivity index (χ1) is 9.13. The lowest BCUT2D eigenvalue weighted by Gasteiger charge is -2.00. The summed E-state index contributed by atoms with van der Waals surface area (Å²) in [5.74, 6) is 0.0994. The van der Waals surface area contributed by atoms with E-state index in [1.54, 1.807) is 24.3 Å². The van der Waals surface area contributed by atoms with Gasteiger partial charge in [-0.3, -0.25) is 4.79 Å². The quantitative estimate of drug-likeness (QED) is 0.789. The minimum atomic E-state index is -0.110. The molecule has 4 heteroatoms. The molecule has 94 valence electrons. The predicted molar refractivity (Wildman–Crippen MR) is 78.7 cm³/mol. The number of rotatable bonds is 1. The van der Waals surface area contributed by atoms with Crippen LogP contribution in [-0.2, 0) is 4.79 Å². The maximum Gasteiger partial charge on any atom is 0.256 e. The second-order valence-corrected chi connectivity index (χ2v) is 5.21. The molecule has 2 aromatic rings. The van der Waals surface area contributed by atoms with Crippen molar-refractivity contribution < 1.29 is 9.90 Å². The van der Waals surface area contributed by atoms with E-state index in [1.807, 2.05) is 24.3 Å². The predicted octanol–water partition coefficient (Wildman–Crippen LogP) is 3.65. The van der Waals surface area contributed by atoms with E-state index in [0.29, 0.717) is 5.57 Å². The largest absolute Gasteiger partial charge is 0.508 e. The summed E-state index contributed by atoms with van der Waals surface area (Å²) < 4.78 is 0.930. The normalized spacial score (nSPS) is 15.4. The van der Waals surface area contributed by atoms with Crippen LogP contribution >= 0.6 is 15.9 Å². The molecular formula is C15H10BrNO2. The van der Waals surface area contributed by atoms with Crippen molar-refractivity contribution in [2.75, 3.05) is 5.32 Å². The Morgan fingerprint density at radius 2 is 1.84 bits per heavy atom. The van der Waals surface area contributed by atoms with E-state index in [0.717, 1.165) is 21.3 Å². The van der Waals surface area contributed by atoms with E-state index >= 15 is 0 Å². The zero-order valence-corrected chi connectivity index (χ0v) is 11.4. The topological polar surface area (TPSA) is 49.3 Å². The number of aromatic hydroxyl groups is 1. The Morgan fingerprint density at radius 3 is 2.58 bits per heavy atom. The third-order valence-corrected chi connectivity index (χ3v) is 3.46. The van der Waals surface area contributed by atoms with Crippen molar-refractivity contribution in [3.8, 4) is 5.75 Å². The Morgan fingerprint density at radius 1 is 1.11 bits per heavy atom. The van der Waals surface area contributed by atoms with Crippen molar-refractivity contribution >= 4 is 39.2 Å². The second kappa shape index (κ2) is 4.55. The Kier molecular flexibility index (Phi) is 2.87. The highest BCUT2D eigenvalue weighted by molar-refractivity contribution is 9.10. The molecule has 3 nitrogen and oxygen atoms in total. The molecule has 0 saturated carbocycles. The molecule has 1 aliphatic heterocycles. The summed E-state index contributed by atoms with van der Waals surface area (Å²) in [6, 6.07) is 12.4. The van der Waals surface area contributed by atoms with Gasteiger partial charge in [0.25, 0.3) is 5.91 Å². The fourth-order valence-electron chi connectivity index (χ4n) is 2.04. The van der Waals surface area contributed by atoms with Crippen LogP contribution in [0.2, 0.25) is 0 Å². The van der Waals surface area contributed by atoms with Gasteiger partial charge in [-0.05, 0) is 42.0 Å². The van der Waals surface area contributed by atoms with Gasteiger partial charge in [-0.2, -0.15) is 0 Å². The molecule has 0 aromatic heterocycles. The highest BCUT2D eigenvalue weighted by Gasteiger charge is 2.23. The fraction of sp³-hybridized carbons (Fsp3) is 0. The van der Waals surface area contributed by atoms with Crippen molar-refractivity contribution in [3.05, 3.63) is 58.1 Å². The number of benzene rings is 2. The number of hydrogen-bond acceptors (Lipinski definition) is 2. The number of carbonyl (C=O) groups is 1. The molecule has 0 fully saturated rings. The summed E-state index contributed by atoms with van der Waals surface area (Å²) in [6.45, 7) is 0. The van der Waals surface area contributed by atoms with Crippen LogP contribution in [0.5, 0.6) is 5.75 Å². The number of carbonyl (C=O) groups excluding carboxylic acids is 1. The van der Waals surface area contributed by atoms with Gasteiger partial charge >= 0.3 is 0 Å². The first-order valence-electron chi connectivity index (χ1n) is 5.75. The minimum Gasteiger partial charge on any atom is -0.508 e. The standard InChI is InChI=1S/C15H10BrNO2/c16-10-3-6-14-12(8-10)13(15(19)17-14)7-9-1-4-11(18)5-2-9/h1-8,18H,(H,17,19)/b13-7+. The maximum absolute atomic E-state index is 12.0. The zero-order valence-electron chi connectivity index (χ0n) is 9.85. The van der Waals surface area contributed by atoms with Crippen molar-refractivity contribution in [1.82, 2.24) is 0 Å². The molecule has 1 aliphatic rings. The van der Waals surface area contributed by atoms with Crippen LogP contribution in [0.4, 0.5) is 5.69 Å². The Labute approximate surface area is 118 Å². The number of phenols is 1. The Balaban J connectivity index is 2.08. The number of anilines is 1. The molecule has 1 heterocycles. The second-order valence-electron chi connectivity index (χ2n) is 4.29. The van der Waals surface area contributed by atoms with Crippen molar-refractivity contribution in [2.45, 2.75) is 0 Å². The summed E-state index contributed by atoms with van der Waals surface area (Å²) in [4.78, 5) is 12.0. The lowest BCUT2D eigenvalue weighted by Crippen LogP contribution is -2.03. The van der Waals surface area contributed by atoms with Gasteiger partial charge in [0, 0.05) is 21.3 Å². The van der Waals surface area contributed by atoms with Crippen LogP contribution in [0.3, 0.4) is 0 Å².